The molecular formula is C6H12F3N5. The highest BCUT2D eigenvalue weighted by atomic mass is 19.3. The van der Waals surface area contributed by atoms with Crippen LogP contribution >= 0.6 is 0 Å². The van der Waals surface area contributed by atoms with Crippen molar-refractivity contribution in [2.24, 2.45) is 21.5 Å². The topological polar surface area (TPSA) is 88.8 Å². The molecule has 0 aromatic carbocycles. The van der Waals surface area contributed by atoms with Crippen LogP contribution < -0.4 is 16.8 Å². The molecule has 0 aromatic rings. The van der Waals surface area contributed by atoms with E-state index in [0.29, 0.717) is 0 Å². The third-order valence-corrected chi connectivity index (χ3v) is 1.01. The van der Waals surface area contributed by atoms with E-state index in [1.54, 1.807) is 6.92 Å². The lowest BCUT2D eigenvalue weighted by Gasteiger charge is -2.14. The van der Waals surface area contributed by atoms with Gasteiger partial charge in [0.1, 0.15) is 0 Å². The summed E-state index contributed by atoms with van der Waals surface area (Å²) in [4.78, 5) is 6.77. The second kappa shape index (κ2) is 5.30. The molecule has 0 amide bonds. The Morgan fingerprint density at radius 3 is 2.36 bits per heavy atom. The fourth-order valence-corrected chi connectivity index (χ4v) is 0.572. The molecule has 0 aliphatic rings. The van der Waals surface area contributed by atoms with Crippen LogP contribution in [0.15, 0.2) is 9.98 Å². The van der Waals surface area contributed by atoms with Crippen molar-refractivity contribution in [2.45, 2.75) is 13.0 Å². The van der Waals surface area contributed by atoms with Crippen LogP contribution in [0.1, 0.15) is 6.92 Å². The summed E-state index contributed by atoms with van der Waals surface area (Å²) in [7, 11) is 0. The van der Waals surface area contributed by atoms with E-state index in [0.717, 1.165) is 0 Å². The van der Waals surface area contributed by atoms with Gasteiger partial charge >= 0.3 is 6.05 Å². The van der Waals surface area contributed by atoms with E-state index < -0.39 is 24.6 Å². The van der Waals surface area contributed by atoms with E-state index in [1.165, 1.54) is 5.32 Å². The lowest BCUT2D eigenvalue weighted by Crippen LogP contribution is -2.43. The predicted octanol–water partition coefficient (Wildman–Crippen LogP) is -0.212. The Balaban J connectivity index is 4.55. The Bertz CT molecular complexity index is 234. The van der Waals surface area contributed by atoms with Gasteiger partial charge < -0.3 is 11.5 Å². The minimum Gasteiger partial charge on any atom is -0.370 e. The van der Waals surface area contributed by atoms with Gasteiger partial charge in [0, 0.05) is 6.54 Å². The summed E-state index contributed by atoms with van der Waals surface area (Å²) < 4.78 is 36.6. The smallest absolute Gasteiger partial charge is 0.353 e. The van der Waals surface area contributed by atoms with Crippen molar-refractivity contribution in [3.63, 3.8) is 0 Å². The van der Waals surface area contributed by atoms with Crippen LogP contribution in [-0.2, 0) is 0 Å². The number of guanidine groups is 2. The van der Waals surface area contributed by atoms with Gasteiger partial charge in [0.05, 0.1) is 0 Å². The molecule has 0 aliphatic carbocycles. The van der Waals surface area contributed by atoms with Crippen LogP contribution in [0.2, 0.25) is 0 Å². The van der Waals surface area contributed by atoms with Gasteiger partial charge in [-0.25, -0.2) is 4.39 Å². The number of alkyl halides is 3. The highest BCUT2D eigenvalue weighted by Gasteiger charge is 2.29. The number of rotatable bonds is 3. The maximum Gasteiger partial charge on any atom is 0.353 e. The number of nitrogens with two attached hydrogens (primary N) is 2. The molecule has 0 saturated heterocycles. The first-order chi connectivity index (χ1) is 6.41. The second-order valence-electron chi connectivity index (χ2n) is 2.30. The normalized spacial score (nSPS) is 12.4. The molecule has 8 heteroatoms. The number of nitrogens with one attached hydrogen (secondary N) is 1. The first-order valence-corrected chi connectivity index (χ1v) is 3.77. The molecule has 0 atom stereocenters. The molecule has 0 fully saturated rings. The Morgan fingerprint density at radius 2 is 2.00 bits per heavy atom. The number of hydrogen-bond acceptors (Lipinski definition) is 1. The molecule has 5 N–H and O–H groups in total. The fraction of sp³-hybridized carbons (Fsp3) is 0.667. The molecule has 0 spiro atoms. The van der Waals surface area contributed by atoms with Crippen LogP contribution in [0, 0.1) is 0 Å². The van der Waals surface area contributed by atoms with Crippen LogP contribution in [-0.4, -0.2) is 31.2 Å². The molecule has 0 rings (SSSR count). The molecular weight excluding hydrogens is 199 g/mol. The van der Waals surface area contributed by atoms with Gasteiger partial charge in [-0.1, -0.05) is 0 Å². The van der Waals surface area contributed by atoms with Gasteiger partial charge in [-0.3, -0.25) is 10.3 Å². The van der Waals surface area contributed by atoms with Crippen molar-refractivity contribution < 1.29 is 13.2 Å². The minimum absolute atomic E-state index is 0.196. The SMILES string of the molecule is CCN=C(N=C(N)N)NC(F)(F)CF. The van der Waals surface area contributed by atoms with Crippen molar-refractivity contribution in [1.29, 1.82) is 0 Å². The van der Waals surface area contributed by atoms with Crippen LogP contribution in [0.25, 0.3) is 0 Å². The summed E-state index contributed by atoms with van der Waals surface area (Å²) in [6, 6.07) is -3.72. The average Bonchev–Trinajstić information content (AvgIpc) is 2.03. The summed E-state index contributed by atoms with van der Waals surface area (Å²) in [6.07, 6.45) is 0. The van der Waals surface area contributed by atoms with E-state index >= 15 is 0 Å². The minimum atomic E-state index is -3.72. The van der Waals surface area contributed by atoms with Gasteiger partial charge in [-0.05, 0) is 6.92 Å². The second-order valence-corrected chi connectivity index (χ2v) is 2.30. The molecule has 0 bridgehead atoms. The summed E-state index contributed by atoms with van der Waals surface area (Å²) in [5.74, 6) is -0.922. The molecule has 82 valence electrons. The zero-order chi connectivity index (χ0) is 11.2. The van der Waals surface area contributed by atoms with E-state index in [2.05, 4.69) is 9.98 Å². The van der Waals surface area contributed by atoms with Gasteiger partial charge in [-0.15, -0.1) is 0 Å². The van der Waals surface area contributed by atoms with Crippen molar-refractivity contribution >= 4 is 11.9 Å². The molecule has 5 nitrogen and oxygen atoms in total. The lowest BCUT2D eigenvalue weighted by molar-refractivity contribution is -0.0372. The van der Waals surface area contributed by atoms with E-state index in [4.69, 9.17) is 11.5 Å². The first kappa shape index (κ1) is 12.5. The molecule has 0 saturated carbocycles. The zero-order valence-corrected chi connectivity index (χ0v) is 7.60. The highest BCUT2D eigenvalue weighted by Crippen LogP contribution is 2.09. The van der Waals surface area contributed by atoms with Crippen LogP contribution in [0.4, 0.5) is 13.2 Å². The van der Waals surface area contributed by atoms with Crippen molar-refractivity contribution in [3.05, 3.63) is 0 Å². The number of aliphatic imine (C=N–C) groups is 2. The monoisotopic (exact) mass is 211 g/mol. The third-order valence-electron chi connectivity index (χ3n) is 1.01. The number of nitrogens with zero attached hydrogens (tertiary/aromatic N) is 2. The van der Waals surface area contributed by atoms with E-state index in [-0.39, 0.29) is 6.54 Å². The molecule has 0 heterocycles. The Labute approximate surface area is 79.1 Å². The summed E-state index contributed by atoms with van der Waals surface area (Å²) in [5, 5.41) is 1.47. The van der Waals surface area contributed by atoms with Crippen LogP contribution in [0.5, 0.6) is 0 Å². The molecule has 0 radical (unpaired) electrons. The molecule has 0 unspecified atom stereocenters. The number of halogens is 3. The Hall–Kier alpha value is -1.47. The van der Waals surface area contributed by atoms with E-state index in [9.17, 15) is 13.2 Å². The van der Waals surface area contributed by atoms with Crippen LogP contribution in [0.3, 0.4) is 0 Å². The number of hydrogen-bond donors (Lipinski definition) is 3. The van der Waals surface area contributed by atoms with Crippen molar-refractivity contribution in [3.8, 4) is 0 Å². The predicted molar refractivity (Wildman–Crippen MR) is 47.8 cm³/mol. The maximum absolute atomic E-state index is 12.5. The quantitative estimate of drug-likeness (QED) is 0.343. The molecule has 0 aliphatic heterocycles. The van der Waals surface area contributed by atoms with Gasteiger partial charge in [0.25, 0.3) is 0 Å². The van der Waals surface area contributed by atoms with Gasteiger partial charge in [0.15, 0.2) is 12.6 Å². The first-order valence-electron chi connectivity index (χ1n) is 3.77. The third kappa shape index (κ3) is 5.22. The zero-order valence-electron chi connectivity index (χ0n) is 7.60. The molecule has 0 aromatic heterocycles. The van der Waals surface area contributed by atoms with E-state index in [1.807, 2.05) is 0 Å². The van der Waals surface area contributed by atoms with Gasteiger partial charge in [0.2, 0.25) is 5.96 Å². The largest absolute Gasteiger partial charge is 0.370 e. The van der Waals surface area contributed by atoms with Crippen molar-refractivity contribution in [2.75, 3.05) is 13.2 Å². The average molecular weight is 211 g/mol. The maximum atomic E-state index is 12.5. The summed E-state index contributed by atoms with van der Waals surface area (Å²) in [6.45, 7) is -0.0747. The summed E-state index contributed by atoms with van der Waals surface area (Å²) >= 11 is 0. The Kier molecular flexibility index (Phi) is 4.74. The van der Waals surface area contributed by atoms with Crippen molar-refractivity contribution in [1.82, 2.24) is 5.32 Å². The summed E-state index contributed by atoms with van der Waals surface area (Å²) in [5.41, 5.74) is 9.90. The van der Waals surface area contributed by atoms with Gasteiger partial charge in [-0.2, -0.15) is 13.8 Å². The Morgan fingerprint density at radius 1 is 1.43 bits per heavy atom. The fourth-order valence-electron chi connectivity index (χ4n) is 0.572. The standard InChI is InChI=1S/C6H12F3N5/c1-2-12-5(13-4(10)11)14-6(8,9)3-7/h2-3H2,1H3,(H5,10,11,12,13,14). The molecule has 14 heavy (non-hydrogen) atoms. The lowest BCUT2D eigenvalue weighted by atomic mass is 10.6. The highest BCUT2D eigenvalue weighted by molar-refractivity contribution is 5.93.